The van der Waals surface area contributed by atoms with Gasteiger partial charge in [0, 0.05) is 6.42 Å². The lowest BCUT2D eigenvalue weighted by molar-refractivity contribution is -0.121. The molecule has 0 atom stereocenters. The van der Waals surface area contributed by atoms with E-state index >= 15 is 0 Å². The van der Waals surface area contributed by atoms with Crippen LogP contribution < -0.4 is 5.43 Å². The van der Waals surface area contributed by atoms with Crippen molar-refractivity contribution in [1.29, 1.82) is 0 Å². The molecule has 0 heterocycles. The second-order valence-electron chi connectivity index (χ2n) is 4.94. The third-order valence-corrected chi connectivity index (χ3v) is 3.25. The smallest absolute Gasteiger partial charge is 0.240 e. The predicted molar refractivity (Wildman–Crippen MR) is 86.2 cm³/mol. The molecule has 0 aliphatic heterocycles. The number of amides is 1. The van der Waals surface area contributed by atoms with Crippen LogP contribution in [-0.4, -0.2) is 11.6 Å². The molecule has 108 valence electrons. The Morgan fingerprint density at radius 1 is 1.00 bits per heavy atom. The Bertz CT molecular complexity index is 591. The van der Waals surface area contributed by atoms with E-state index in [1.165, 1.54) is 5.56 Å². The van der Waals surface area contributed by atoms with E-state index in [-0.39, 0.29) is 5.91 Å². The summed E-state index contributed by atoms with van der Waals surface area (Å²) in [6.07, 6.45) is 2.23. The minimum atomic E-state index is -0.0405. The fraction of sp³-hybridized carbons (Fsp3) is 0.222. The molecule has 0 aliphatic rings. The minimum Gasteiger partial charge on any atom is -0.273 e. The molecule has 21 heavy (non-hydrogen) atoms. The highest BCUT2D eigenvalue weighted by atomic mass is 16.2. The number of nitrogens with one attached hydrogen (secondary N) is 1. The summed E-state index contributed by atoms with van der Waals surface area (Å²) in [6, 6.07) is 20.0. The van der Waals surface area contributed by atoms with Crippen LogP contribution in [-0.2, 0) is 11.2 Å². The number of hydrazone groups is 1. The summed E-state index contributed by atoms with van der Waals surface area (Å²) >= 11 is 0. The van der Waals surface area contributed by atoms with Crippen molar-refractivity contribution in [3.8, 4) is 0 Å². The van der Waals surface area contributed by atoms with Crippen molar-refractivity contribution in [3.05, 3.63) is 71.8 Å². The molecule has 0 saturated carbocycles. The number of carbonyl (C=O) groups excluding carboxylic acids is 1. The van der Waals surface area contributed by atoms with E-state index in [1.54, 1.807) is 0 Å². The Hall–Kier alpha value is -2.42. The molecule has 1 N–H and O–H groups in total. The Morgan fingerprint density at radius 3 is 2.29 bits per heavy atom. The van der Waals surface area contributed by atoms with E-state index in [4.69, 9.17) is 0 Å². The topological polar surface area (TPSA) is 41.5 Å². The molecular formula is C18H20N2O. The number of hydrogen-bond donors (Lipinski definition) is 1. The lowest BCUT2D eigenvalue weighted by Crippen LogP contribution is -2.19. The number of benzene rings is 2. The van der Waals surface area contributed by atoms with Crippen LogP contribution in [0, 0.1) is 0 Å². The monoisotopic (exact) mass is 280 g/mol. The molecule has 3 heteroatoms. The molecule has 2 aromatic rings. The maximum Gasteiger partial charge on any atom is 0.240 e. The molecule has 0 aliphatic carbocycles. The van der Waals surface area contributed by atoms with Gasteiger partial charge >= 0.3 is 0 Å². The second kappa shape index (κ2) is 8.00. The average molecular weight is 280 g/mol. The maximum atomic E-state index is 11.8. The zero-order valence-electron chi connectivity index (χ0n) is 12.3. The van der Waals surface area contributed by atoms with Crippen LogP contribution in [0.5, 0.6) is 0 Å². The van der Waals surface area contributed by atoms with Crippen molar-refractivity contribution >= 4 is 11.6 Å². The molecule has 0 unspecified atom stereocenters. The zero-order chi connectivity index (χ0) is 14.9. The van der Waals surface area contributed by atoms with Crippen molar-refractivity contribution < 1.29 is 4.79 Å². The summed E-state index contributed by atoms with van der Waals surface area (Å²) in [5.41, 5.74) is 5.70. The number of hydrogen-bond acceptors (Lipinski definition) is 2. The van der Waals surface area contributed by atoms with Gasteiger partial charge in [0.25, 0.3) is 0 Å². The van der Waals surface area contributed by atoms with Gasteiger partial charge in [-0.2, -0.15) is 5.10 Å². The first kappa shape index (κ1) is 15.0. The lowest BCUT2D eigenvalue weighted by atomic mass is 10.1. The molecular weight excluding hydrogens is 260 g/mol. The molecule has 2 rings (SSSR count). The van der Waals surface area contributed by atoms with Gasteiger partial charge in [-0.15, -0.1) is 0 Å². The molecule has 0 saturated heterocycles. The average Bonchev–Trinajstić information content (AvgIpc) is 2.54. The number of carbonyl (C=O) groups is 1. The van der Waals surface area contributed by atoms with Crippen molar-refractivity contribution in [2.45, 2.75) is 26.2 Å². The minimum absolute atomic E-state index is 0.0405. The Morgan fingerprint density at radius 2 is 1.62 bits per heavy atom. The maximum absolute atomic E-state index is 11.8. The molecule has 0 radical (unpaired) electrons. The van der Waals surface area contributed by atoms with Crippen LogP contribution >= 0.6 is 0 Å². The fourth-order valence-corrected chi connectivity index (χ4v) is 2.04. The highest BCUT2D eigenvalue weighted by Crippen LogP contribution is 2.04. The van der Waals surface area contributed by atoms with Crippen LogP contribution in [0.25, 0.3) is 0 Å². The summed E-state index contributed by atoms with van der Waals surface area (Å²) in [6.45, 7) is 1.89. The van der Waals surface area contributed by atoms with Gasteiger partial charge in [-0.1, -0.05) is 60.7 Å². The first-order valence-corrected chi connectivity index (χ1v) is 7.18. The van der Waals surface area contributed by atoms with Crippen LogP contribution in [0.2, 0.25) is 0 Å². The molecule has 2 aromatic carbocycles. The molecule has 1 amide bonds. The van der Waals surface area contributed by atoms with E-state index in [1.807, 2.05) is 55.5 Å². The van der Waals surface area contributed by atoms with Crippen molar-refractivity contribution in [2.24, 2.45) is 5.10 Å². The van der Waals surface area contributed by atoms with Gasteiger partial charge in [-0.05, 0) is 30.9 Å². The van der Waals surface area contributed by atoms with Gasteiger partial charge < -0.3 is 0 Å². The van der Waals surface area contributed by atoms with Crippen LogP contribution in [0.15, 0.2) is 65.8 Å². The number of nitrogens with zero attached hydrogens (tertiary/aromatic N) is 1. The van der Waals surface area contributed by atoms with Crippen LogP contribution in [0.4, 0.5) is 0 Å². The summed E-state index contributed by atoms with van der Waals surface area (Å²) < 4.78 is 0. The van der Waals surface area contributed by atoms with Gasteiger partial charge in [0.15, 0.2) is 0 Å². The van der Waals surface area contributed by atoms with Gasteiger partial charge in [0.05, 0.1) is 5.71 Å². The normalized spacial score (nSPS) is 11.2. The largest absolute Gasteiger partial charge is 0.273 e. The Labute approximate surface area is 125 Å². The first-order valence-electron chi connectivity index (χ1n) is 7.18. The van der Waals surface area contributed by atoms with Gasteiger partial charge in [0.2, 0.25) is 5.91 Å². The van der Waals surface area contributed by atoms with E-state index in [0.717, 1.165) is 24.1 Å². The molecule has 0 fully saturated rings. The molecule has 0 aromatic heterocycles. The standard InChI is InChI=1S/C18H20N2O/c1-15(17-12-6-3-7-13-17)19-20-18(21)14-8-11-16-9-4-2-5-10-16/h2-7,9-10,12-13H,8,11,14H2,1H3,(H,20,21)/b19-15+. The van der Waals surface area contributed by atoms with E-state index in [9.17, 15) is 4.79 Å². The number of aryl methyl sites for hydroxylation is 1. The molecule has 0 spiro atoms. The van der Waals surface area contributed by atoms with Crippen molar-refractivity contribution in [3.63, 3.8) is 0 Å². The van der Waals surface area contributed by atoms with E-state index in [2.05, 4.69) is 22.7 Å². The highest BCUT2D eigenvalue weighted by Gasteiger charge is 2.01. The molecule has 3 nitrogen and oxygen atoms in total. The summed E-state index contributed by atoms with van der Waals surface area (Å²) in [5, 5.41) is 4.14. The van der Waals surface area contributed by atoms with Gasteiger partial charge in [-0.3, -0.25) is 4.79 Å². The Balaban J connectivity index is 1.75. The first-order chi connectivity index (χ1) is 10.3. The third-order valence-electron chi connectivity index (χ3n) is 3.25. The van der Waals surface area contributed by atoms with E-state index < -0.39 is 0 Å². The van der Waals surface area contributed by atoms with Crippen molar-refractivity contribution in [1.82, 2.24) is 5.43 Å². The third kappa shape index (κ3) is 5.22. The van der Waals surface area contributed by atoms with Gasteiger partial charge in [-0.25, -0.2) is 5.43 Å². The summed E-state index contributed by atoms with van der Waals surface area (Å²) in [7, 11) is 0. The number of rotatable bonds is 6. The quantitative estimate of drug-likeness (QED) is 0.638. The van der Waals surface area contributed by atoms with Crippen LogP contribution in [0.3, 0.4) is 0 Å². The van der Waals surface area contributed by atoms with Crippen LogP contribution in [0.1, 0.15) is 30.9 Å². The van der Waals surface area contributed by atoms with Crippen molar-refractivity contribution in [2.75, 3.05) is 0 Å². The molecule has 0 bridgehead atoms. The second-order valence-corrected chi connectivity index (χ2v) is 4.94. The fourth-order valence-electron chi connectivity index (χ4n) is 2.04. The Kier molecular flexibility index (Phi) is 5.71. The summed E-state index contributed by atoms with van der Waals surface area (Å²) in [4.78, 5) is 11.8. The SMILES string of the molecule is C/C(=N\NC(=O)CCCc1ccccc1)c1ccccc1. The lowest BCUT2D eigenvalue weighted by Gasteiger charge is -2.03. The summed E-state index contributed by atoms with van der Waals surface area (Å²) in [5.74, 6) is -0.0405. The highest BCUT2D eigenvalue weighted by molar-refractivity contribution is 5.99. The van der Waals surface area contributed by atoms with E-state index in [0.29, 0.717) is 6.42 Å². The van der Waals surface area contributed by atoms with Gasteiger partial charge in [0.1, 0.15) is 0 Å². The predicted octanol–water partition coefficient (Wildman–Crippen LogP) is 3.55. The zero-order valence-corrected chi connectivity index (χ0v) is 12.3.